The fourth-order valence-corrected chi connectivity index (χ4v) is 2.65. The third-order valence-corrected chi connectivity index (χ3v) is 4.15. The van der Waals surface area contributed by atoms with Gasteiger partial charge in [-0.2, -0.15) is 0 Å². The van der Waals surface area contributed by atoms with Crippen molar-refractivity contribution in [1.29, 1.82) is 0 Å². The van der Waals surface area contributed by atoms with Gasteiger partial charge in [0.05, 0.1) is 11.0 Å². The summed E-state index contributed by atoms with van der Waals surface area (Å²) in [6.45, 7) is 2.17. The van der Waals surface area contributed by atoms with Crippen LogP contribution in [0.1, 0.15) is 21.5 Å². The lowest BCUT2D eigenvalue weighted by molar-refractivity contribution is -0.385. The van der Waals surface area contributed by atoms with E-state index in [0.29, 0.717) is 0 Å². The molecule has 3 rings (SSSR count). The van der Waals surface area contributed by atoms with Gasteiger partial charge in [-0.15, -0.1) is 0 Å². The summed E-state index contributed by atoms with van der Waals surface area (Å²) in [6.07, 6.45) is 0. The third-order valence-electron chi connectivity index (χ3n) is 4.15. The maximum atomic E-state index is 12.3. The van der Waals surface area contributed by atoms with Crippen LogP contribution in [-0.2, 0) is 16.1 Å². The van der Waals surface area contributed by atoms with E-state index in [4.69, 9.17) is 14.2 Å². The van der Waals surface area contributed by atoms with Crippen LogP contribution in [-0.4, -0.2) is 36.6 Å². The van der Waals surface area contributed by atoms with Crippen LogP contribution in [0.5, 0.6) is 11.5 Å². The van der Waals surface area contributed by atoms with E-state index in [2.05, 4.69) is 5.32 Å². The lowest BCUT2D eigenvalue weighted by Gasteiger charge is -2.18. The van der Waals surface area contributed by atoms with Crippen molar-refractivity contribution in [3.8, 4) is 11.5 Å². The van der Waals surface area contributed by atoms with Crippen molar-refractivity contribution in [2.75, 3.05) is 19.8 Å². The molecule has 0 unspecified atom stereocenters. The lowest BCUT2D eigenvalue weighted by Crippen LogP contribution is -2.28. The van der Waals surface area contributed by atoms with Crippen molar-refractivity contribution in [3.63, 3.8) is 0 Å². The first kappa shape index (κ1) is 19.2. The highest BCUT2D eigenvalue weighted by atomic mass is 16.6. The number of benzene rings is 2. The fourth-order valence-electron chi connectivity index (χ4n) is 2.65. The van der Waals surface area contributed by atoms with Crippen molar-refractivity contribution >= 4 is 17.6 Å². The van der Waals surface area contributed by atoms with Gasteiger partial charge >= 0.3 is 5.97 Å². The van der Waals surface area contributed by atoms with Crippen LogP contribution in [0.4, 0.5) is 5.69 Å². The number of ether oxygens (including phenoxy) is 3. The number of esters is 1. The molecule has 0 bridgehead atoms. The summed E-state index contributed by atoms with van der Waals surface area (Å²) in [7, 11) is 0. The van der Waals surface area contributed by atoms with Gasteiger partial charge in [0.25, 0.3) is 11.6 Å². The number of aryl methyl sites for hydroxylation is 1. The van der Waals surface area contributed by atoms with Crippen molar-refractivity contribution < 1.29 is 28.7 Å². The molecular formula is C19H18N2O7. The van der Waals surface area contributed by atoms with Crippen LogP contribution >= 0.6 is 0 Å². The van der Waals surface area contributed by atoms with Crippen LogP contribution in [0.2, 0.25) is 0 Å². The summed E-state index contributed by atoms with van der Waals surface area (Å²) in [4.78, 5) is 34.8. The lowest BCUT2D eigenvalue weighted by atomic mass is 10.1. The molecule has 0 atom stereocenters. The molecule has 0 fully saturated rings. The molecule has 0 saturated carbocycles. The van der Waals surface area contributed by atoms with E-state index in [9.17, 15) is 19.7 Å². The Morgan fingerprint density at radius 3 is 2.54 bits per heavy atom. The molecule has 9 heteroatoms. The van der Waals surface area contributed by atoms with Gasteiger partial charge in [0.15, 0.2) is 18.1 Å². The summed E-state index contributed by atoms with van der Waals surface area (Å²) >= 11 is 0. The molecule has 1 aliphatic rings. The van der Waals surface area contributed by atoms with Gasteiger partial charge in [0.2, 0.25) is 0 Å². The van der Waals surface area contributed by atoms with E-state index in [-0.39, 0.29) is 36.8 Å². The van der Waals surface area contributed by atoms with Crippen molar-refractivity contribution in [2.45, 2.75) is 13.5 Å². The molecule has 0 aliphatic carbocycles. The van der Waals surface area contributed by atoms with Gasteiger partial charge in [-0.1, -0.05) is 24.3 Å². The van der Waals surface area contributed by atoms with Crippen LogP contribution in [0.15, 0.2) is 36.4 Å². The van der Waals surface area contributed by atoms with Crippen LogP contribution < -0.4 is 14.8 Å². The van der Waals surface area contributed by atoms with Crippen molar-refractivity contribution in [3.05, 3.63) is 63.2 Å². The summed E-state index contributed by atoms with van der Waals surface area (Å²) in [6, 6.07) is 9.85. The minimum atomic E-state index is -0.991. The molecule has 1 heterocycles. The average molecular weight is 386 g/mol. The maximum Gasteiger partial charge on any atom is 0.345 e. The number of rotatable bonds is 6. The minimum Gasteiger partial charge on any atom is -0.486 e. The molecule has 0 saturated heterocycles. The van der Waals surface area contributed by atoms with Gasteiger partial charge in [0.1, 0.15) is 18.8 Å². The van der Waals surface area contributed by atoms with E-state index in [1.807, 2.05) is 31.2 Å². The first-order valence-electron chi connectivity index (χ1n) is 8.52. The molecule has 2 aromatic carbocycles. The quantitative estimate of drug-likeness (QED) is 0.459. The summed E-state index contributed by atoms with van der Waals surface area (Å²) in [5, 5.41) is 13.9. The number of nitro benzene ring substituents is 1. The summed E-state index contributed by atoms with van der Waals surface area (Å²) < 4.78 is 15.6. The average Bonchev–Trinajstić information content (AvgIpc) is 2.70. The van der Waals surface area contributed by atoms with E-state index in [0.717, 1.165) is 17.2 Å². The monoisotopic (exact) mass is 386 g/mol. The van der Waals surface area contributed by atoms with Gasteiger partial charge in [-0.25, -0.2) is 4.79 Å². The molecule has 9 nitrogen and oxygen atoms in total. The number of nitrogens with one attached hydrogen (secondary N) is 1. The number of amides is 1. The maximum absolute atomic E-state index is 12.3. The standard InChI is InChI=1S/C19H18N2O7/c1-12-4-2-3-5-13(12)10-20-18(22)11-28-19(23)14-8-16-17(27-7-6-26-16)9-15(14)21(24)25/h2-5,8-9H,6-7,10-11H2,1H3,(H,20,22). The molecule has 1 aliphatic heterocycles. The SMILES string of the molecule is Cc1ccccc1CNC(=O)COC(=O)c1cc2c(cc1[N+](=O)[O-])OCCO2. The predicted molar refractivity (Wildman–Crippen MR) is 97.4 cm³/mol. The largest absolute Gasteiger partial charge is 0.486 e. The van der Waals surface area contributed by atoms with Gasteiger partial charge < -0.3 is 19.5 Å². The first-order chi connectivity index (χ1) is 13.5. The summed E-state index contributed by atoms with van der Waals surface area (Å²) in [5.41, 5.74) is 1.17. The van der Waals surface area contributed by atoms with E-state index >= 15 is 0 Å². The molecule has 0 spiro atoms. The summed E-state index contributed by atoms with van der Waals surface area (Å²) in [5.74, 6) is -1.11. The normalized spacial score (nSPS) is 12.2. The molecule has 1 amide bonds. The van der Waals surface area contributed by atoms with E-state index < -0.39 is 29.1 Å². The number of fused-ring (bicyclic) bond motifs is 1. The zero-order valence-corrected chi connectivity index (χ0v) is 15.1. The van der Waals surface area contributed by atoms with Crippen LogP contribution in [0.25, 0.3) is 0 Å². The Morgan fingerprint density at radius 2 is 1.86 bits per heavy atom. The van der Waals surface area contributed by atoms with E-state index in [1.54, 1.807) is 0 Å². The molecule has 0 radical (unpaired) electrons. The molecule has 0 aromatic heterocycles. The Labute approximate surface area is 160 Å². The van der Waals surface area contributed by atoms with E-state index in [1.165, 1.54) is 6.07 Å². The van der Waals surface area contributed by atoms with Crippen molar-refractivity contribution in [2.24, 2.45) is 0 Å². The topological polar surface area (TPSA) is 117 Å². The number of carbonyl (C=O) groups is 2. The second kappa shape index (κ2) is 8.38. The van der Waals surface area contributed by atoms with Gasteiger partial charge in [-0.3, -0.25) is 14.9 Å². The Bertz CT molecular complexity index is 926. The van der Waals surface area contributed by atoms with Crippen molar-refractivity contribution in [1.82, 2.24) is 5.32 Å². The Hall–Kier alpha value is -3.62. The highest BCUT2D eigenvalue weighted by Gasteiger charge is 2.27. The Balaban J connectivity index is 1.63. The highest BCUT2D eigenvalue weighted by molar-refractivity contribution is 5.96. The first-order valence-corrected chi connectivity index (χ1v) is 8.52. The molecule has 146 valence electrons. The predicted octanol–water partition coefficient (Wildman–Crippen LogP) is 2.15. The number of hydrogen-bond acceptors (Lipinski definition) is 7. The van der Waals surface area contributed by atoms with Gasteiger partial charge in [0, 0.05) is 12.6 Å². The smallest absolute Gasteiger partial charge is 0.345 e. The second-order valence-corrected chi connectivity index (χ2v) is 6.05. The molecular weight excluding hydrogens is 368 g/mol. The number of hydrogen-bond donors (Lipinski definition) is 1. The number of nitro groups is 1. The molecule has 1 N–H and O–H groups in total. The fraction of sp³-hybridized carbons (Fsp3) is 0.263. The molecule has 2 aromatic rings. The molecule has 28 heavy (non-hydrogen) atoms. The van der Waals surface area contributed by atoms with Gasteiger partial charge in [-0.05, 0) is 18.1 Å². The zero-order chi connectivity index (χ0) is 20.1. The Morgan fingerprint density at radius 1 is 1.18 bits per heavy atom. The number of carbonyl (C=O) groups excluding carboxylic acids is 2. The second-order valence-electron chi connectivity index (χ2n) is 6.05. The van der Waals surface area contributed by atoms with Crippen LogP contribution in [0.3, 0.4) is 0 Å². The zero-order valence-electron chi connectivity index (χ0n) is 15.1. The highest BCUT2D eigenvalue weighted by Crippen LogP contribution is 2.36. The number of nitrogens with zero attached hydrogens (tertiary/aromatic N) is 1. The third kappa shape index (κ3) is 4.37. The van der Waals surface area contributed by atoms with Crippen LogP contribution in [0, 0.1) is 17.0 Å². The minimum absolute atomic E-state index is 0.186. The Kier molecular flexibility index (Phi) is 5.73.